The van der Waals surface area contributed by atoms with Crippen LogP contribution in [0.5, 0.6) is 0 Å². The number of carbonyl (C=O) groups excluding carboxylic acids is 1. The molecule has 1 aliphatic rings. The Kier molecular flexibility index (Phi) is 5.94. The number of rotatable bonds is 6. The monoisotopic (exact) mass is 340 g/mol. The summed E-state index contributed by atoms with van der Waals surface area (Å²) in [7, 11) is 0. The molecule has 0 aromatic heterocycles. The zero-order chi connectivity index (χ0) is 16.8. The molecule has 1 heterocycles. The molecule has 1 aliphatic heterocycles. The minimum Gasteiger partial charge on any atom is -0.348 e. The molecular formula is C20H24N2OS. The standard InChI is InChI=1S/C20H24N2OS/c1-24-15-17-7-9-18(10-8-17)20(23)21-19-11-12-22(14-19)13-16-5-3-2-4-6-16/h2-10,19H,11-15H2,1H3,(H,21,23). The van der Waals surface area contributed by atoms with Crippen molar-refractivity contribution in [3.63, 3.8) is 0 Å². The summed E-state index contributed by atoms with van der Waals surface area (Å²) < 4.78 is 0. The summed E-state index contributed by atoms with van der Waals surface area (Å²) in [5.41, 5.74) is 3.34. The van der Waals surface area contributed by atoms with Crippen LogP contribution >= 0.6 is 11.8 Å². The van der Waals surface area contributed by atoms with Crippen molar-refractivity contribution < 1.29 is 4.79 Å². The Bertz CT molecular complexity index is 657. The Morgan fingerprint density at radius 1 is 1.12 bits per heavy atom. The van der Waals surface area contributed by atoms with Gasteiger partial charge in [0.15, 0.2) is 0 Å². The first-order valence-corrected chi connectivity index (χ1v) is 9.79. The first-order chi connectivity index (χ1) is 11.7. The topological polar surface area (TPSA) is 32.3 Å². The van der Waals surface area contributed by atoms with Crippen LogP contribution in [0.1, 0.15) is 27.9 Å². The summed E-state index contributed by atoms with van der Waals surface area (Å²) in [4.78, 5) is 14.8. The maximum absolute atomic E-state index is 12.4. The molecule has 1 amide bonds. The van der Waals surface area contributed by atoms with Crippen LogP contribution in [-0.2, 0) is 12.3 Å². The van der Waals surface area contributed by atoms with E-state index in [9.17, 15) is 4.79 Å². The lowest BCUT2D eigenvalue weighted by molar-refractivity contribution is 0.0937. The molecule has 1 N–H and O–H groups in total. The minimum atomic E-state index is 0.0391. The Hall–Kier alpha value is -1.78. The van der Waals surface area contributed by atoms with E-state index in [-0.39, 0.29) is 11.9 Å². The highest BCUT2D eigenvalue weighted by molar-refractivity contribution is 7.97. The smallest absolute Gasteiger partial charge is 0.251 e. The first kappa shape index (κ1) is 17.1. The summed E-state index contributed by atoms with van der Waals surface area (Å²) in [5, 5.41) is 3.18. The molecule has 1 fully saturated rings. The van der Waals surface area contributed by atoms with Gasteiger partial charge in [0.25, 0.3) is 5.91 Å². The van der Waals surface area contributed by atoms with E-state index < -0.39 is 0 Å². The van der Waals surface area contributed by atoms with Gasteiger partial charge in [0.1, 0.15) is 0 Å². The molecule has 1 saturated heterocycles. The van der Waals surface area contributed by atoms with Crippen LogP contribution < -0.4 is 5.32 Å². The minimum absolute atomic E-state index is 0.0391. The van der Waals surface area contributed by atoms with E-state index in [0.717, 1.165) is 37.4 Å². The highest BCUT2D eigenvalue weighted by atomic mass is 32.2. The van der Waals surface area contributed by atoms with Crippen molar-refractivity contribution in [2.75, 3.05) is 19.3 Å². The molecule has 1 atom stereocenters. The van der Waals surface area contributed by atoms with Crippen LogP contribution in [-0.4, -0.2) is 36.2 Å². The third-order valence-corrected chi connectivity index (χ3v) is 5.01. The summed E-state index contributed by atoms with van der Waals surface area (Å²) >= 11 is 1.79. The molecule has 24 heavy (non-hydrogen) atoms. The number of benzene rings is 2. The van der Waals surface area contributed by atoms with Crippen LogP contribution in [0, 0.1) is 0 Å². The van der Waals surface area contributed by atoms with Gasteiger partial charge >= 0.3 is 0 Å². The van der Waals surface area contributed by atoms with Gasteiger partial charge in [-0.1, -0.05) is 42.5 Å². The lowest BCUT2D eigenvalue weighted by Crippen LogP contribution is -2.36. The molecule has 0 bridgehead atoms. The fourth-order valence-corrected chi connectivity index (χ4v) is 3.65. The Morgan fingerprint density at radius 3 is 2.58 bits per heavy atom. The molecule has 0 radical (unpaired) electrons. The van der Waals surface area contributed by atoms with Crippen LogP contribution in [0.4, 0.5) is 0 Å². The van der Waals surface area contributed by atoms with Gasteiger partial charge in [0.05, 0.1) is 0 Å². The highest BCUT2D eigenvalue weighted by Crippen LogP contribution is 2.15. The van der Waals surface area contributed by atoms with Gasteiger partial charge < -0.3 is 5.32 Å². The van der Waals surface area contributed by atoms with Gasteiger partial charge in [-0.25, -0.2) is 0 Å². The molecule has 0 saturated carbocycles. The van der Waals surface area contributed by atoms with Gasteiger partial charge in [-0.15, -0.1) is 0 Å². The number of nitrogens with zero attached hydrogens (tertiary/aromatic N) is 1. The third-order valence-electron chi connectivity index (χ3n) is 4.38. The van der Waals surface area contributed by atoms with E-state index in [1.807, 2.05) is 30.3 Å². The average Bonchev–Trinajstić information content (AvgIpc) is 3.03. The summed E-state index contributed by atoms with van der Waals surface area (Å²) in [6.07, 6.45) is 3.10. The van der Waals surface area contributed by atoms with Gasteiger partial charge in [-0.3, -0.25) is 9.69 Å². The summed E-state index contributed by atoms with van der Waals surface area (Å²) in [6.45, 7) is 2.91. The normalized spacial score (nSPS) is 17.8. The second kappa shape index (κ2) is 8.36. The predicted octanol–water partition coefficient (Wildman–Crippen LogP) is 3.55. The molecular weight excluding hydrogens is 316 g/mol. The molecule has 4 heteroatoms. The zero-order valence-corrected chi connectivity index (χ0v) is 14.9. The zero-order valence-electron chi connectivity index (χ0n) is 14.1. The summed E-state index contributed by atoms with van der Waals surface area (Å²) in [5.74, 6) is 1.02. The number of hydrogen-bond donors (Lipinski definition) is 1. The van der Waals surface area contributed by atoms with Crippen LogP contribution in [0.2, 0.25) is 0 Å². The quantitative estimate of drug-likeness (QED) is 0.873. The predicted molar refractivity (Wildman–Crippen MR) is 101 cm³/mol. The number of hydrogen-bond acceptors (Lipinski definition) is 3. The fourth-order valence-electron chi connectivity index (χ4n) is 3.12. The lowest BCUT2D eigenvalue weighted by Gasteiger charge is -2.17. The SMILES string of the molecule is CSCc1ccc(C(=O)NC2CCN(Cc3ccccc3)C2)cc1. The maximum atomic E-state index is 12.4. The molecule has 126 valence electrons. The number of carbonyl (C=O) groups is 1. The Morgan fingerprint density at radius 2 is 1.88 bits per heavy atom. The molecule has 3 nitrogen and oxygen atoms in total. The number of thioether (sulfide) groups is 1. The number of nitrogens with one attached hydrogen (secondary N) is 1. The molecule has 2 aromatic carbocycles. The maximum Gasteiger partial charge on any atom is 0.251 e. The average molecular weight is 340 g/mol. The van der Waals surface area contributed by atoms with Crippen LogP contribution in [0.15, 0.2) is 54.6 Å². The van der Waals surface area contributed by atoms with E-state index in [1.165, 1.54) is 11.1 Å². The molecule has 2 aromatic rings. The highest BCUT2D eigenvalue weighted by Gasteiger charge is 2.24. The van der Waals surface area contributed by atoms with E-state index in [1.54, 1.807) is 11.8 Å². The van der Waals surface area contributed by atoms with E-state index in [2.05, 4.69) is 40.7 Å². The molecule has 0 spiro atoms. The lowest BCUT2D eigenvalue weighted by atomic mass is 10.1. The van der Waals surface area contributed by atoms with Gasteiger partial charge in [0.2, 0.25) is 0 Å². The molecule has 0 aliphatic carbocycles. The molecule has 3 rings (SSSR count). The van der Waals surface area contributed by atoms with Crippen molar-refractivity contribution in [3.8, 4) is 0 Å². The summed E-state index contributed by atoms with van der Waals surface area (Å²) in [6, 6.07) is 18.7. The van der Waals surface area contributed by atoms with E-state index in [4.69, 9.17) is 0 Å². The second-order valence-electron chi connectivity index (χ2n) is 6.31. The van der Waals surface area contributed by atoms with Crippen molar-refractivity contribution in [2.24, 2.45) is 0 Å². The van der Waals surface area contributed by atoms with E-state index >= 15 is 0 Å². The third kappa shape index (κ3) is 4.62. The Balaban J connectivity index is 1.50. The van der Waals surface area contributed by atoms with Crippen molar-refractivity contribution >= 4 is 17.7 Å². The first-order valence-electron chi connectivity index (χ1n) is 8.39. The van der Waals surface area contributed by atoms with E-state index in [0.29, 0.717) is 0 Å². The van der Waals surface area contributed by atoms with Crippen molar-refractivity contribution in [2.45, 2.75) is 24.8 Å². The van der Waals surface area contributed by atoms with Crippen molar-refractivity contribution in [1.82, 2.24) is 10.2 Å². The molecule has 1 unspecified atom stereocenters. The van der Waals surface area contributed by atoms with Crippen LogP contribution in [0.3, 0.4) is 0 Å². The van der Waals surface area contributed by atoms with Crippen molar-refractivity contribution in [1.29, 1.82) is 0 Å². The number of likely N-dealkylation sites (tertiary alicyclic amines) is 1. The van der Waals surface area contributed by atoms with Crippen LogP contribution in [0.25, 0.3) is 0 Å². The largest absolute Gasteiger partial charge is 0.348 e. The van der Waals surface area contributed by atoms with Gasteiger partial charge in [-0.2, -0.15) is 11.8 Å². The fraction of sp³-hybridized carbons (Fsp3) is 0.350. The van der Waals surface area contributed by atoms with Gasteiger partial charge in [0, 0.05) is 37.0 Å². The van der Waals surface area contributed by atoms with Gasteiger partial charge in [-0.05, 0) is 35.9 Å². The second-order valence-corrected chi connectivity index (χ2v) is 7.18. The van der Waals surface area contributed by atoms with Crippen molar-refractivity contribution in [3.05, 3.63) is 71.3 Å². The number of amides is 1. The Labute approximate surface area is 148 Å².